The zero-order chi connectivity index (χ0) is 11.2. The molecule has 0 aliphatic heterocycles. The van der Waals surface area contributed by atoms with Crippen molar-refractivity contribution in [3.63, 3.8) is 0 Å². The van der Waals surface area contributed by atoms with Crippen LogP contribution in [0.5, 0.6) is 0 Å². The summed E-state index contributed by atoms with van der Waals surface area (Å²) < 4.78 is 22.0. The van der Waals surface area contributed by atoms with Gasteiger partial charge < -0.3 is 0 Å². The van der Waals surface area contributed by atoms with Crippen LogP contribution in [-0.2, 0) is 14.6 Å². The number of ketones is 1. The summed E-state index contributed by atoms with van der Waals surface area (Å²) in [4.78, 5) is 11.3. The highest BCUT2D eigenvalue weighted by molar-refractivity contribution is 7.92. The Bertz CT molecular complexity index is 326. The lowest BCUT2D eigenvalue weighted by atomic mass is 10.1. The number of carbonyl (C=O) groups is 1. The molecule has 0 fully saturated rings. The molecule has 0 radical (unpaired) electrons. The molecule has 0 aromatic rings. The van der Waals surface area contributed by atoms with E-state index in [0.717, 1.165) is 19.1 Å². The smallest absolute Gasteiger partial charge is 0.205 e. The van der Waals surface area contributed by atoms with Crippen LogP contribution in [0.15, 0.2) is 0 Å². The van der Waals surface area contributed by atoms with Crippen LogP contribution in [0.4, 0.5) is 0 Å². The standard InChI is InChI=1S/C9H15NO3S/c1-3-4-5-6-8(11)9(7-10)14(2,12)13/h9H,3-6H2,1-2H3. The molecule has 0 aromatic heterocycles. The van der Waals surface area contributed by atoms with E-state index >= 15 is 0 Å². The highest BCUT2D eigenvalue weighted by Gasteiger charge is 2.27. The van der Waals surface area contributed by atoms with Gasteiger partial charge in [0, 0.05) is 12.7 Å². The lowest BCUT2D eigenvalue weighted by molar-refractivity contribution is -0.117. The molecule has 4 nitrogen and oxygen atoms in total. The fourth-order valence-electron chi connectivity index (χ4n) is 1.09. The van der Waals surface area contributed by atoms with Crippen LogP contribution in [0.25, 0.3) is 0 Å². The van der Waals surface area contributed by atoms with Gasteiger partial charge in [-0.25, -0.2) is 8.42 Å². The minimum absolute atomic E-state index is 0.180. The van der Waals surface area contributed by atoms with Crippen molar-refractivity contribution in [2.45, 2.75) is 37.9 Å². The van der Waals surface area contributed by atoms with Gasteiger partial charge in [-0.15, -0.1) is 0 Å². The fourth-order valence-corrected chi connectivity index (χ4v) is 1.87. The molecule has 0 aromatic carbocycles. The van der Waals surface area contributed by atoms with Gasteiger partial charge in [0.2, 0.25) is 5.25 Å². The van der Waals surface area contributed by atoms with E-state index in [4.69, 9.17) is 5.26 Å². The van der Waals surface area contributed by atoms with Crippen molar-refractivity contribution in [1.82, 2.24) is 0 Å². The Balaban J connectivity index is 4.30. The van der Waals surface area contributed by atoms with E-state index in [1.807, 2.05) is 6.92 Å². The molecule has 0 spiro atoms. The van der Waals surface area contributed by atoms with Gasteiger partial charge in [-0.2, -0.15) is 5.26 Å². The van der Waals surface area contributed by atoms with E-state index in [1.54, 1.807) is 0 Å². The van der Waals surface area contributed by atoms with E-state index in [-0.39, 0.29) is 6.42 Å². The lowest BCUT2D eigenvalue weighted by Crippen LogP contribution is -2.27. The summed E-state index contributed by atoms with van der Waals surface area (Å²) in [6.45, 7) is 1.99. The highest BCUT2D eigenvalue weighted by atomic mass is 32.2. The van der Waals surface area contributed by atoms with E-state index < -0.39 is 20.9 Å². The molecule has 5 heteroatoms. The van der Waals surface area contributed by atoms with E-state index in [9.17, 15) is 13.2 Å². The summed E-state index contributed by atoms with van der Waals surface area (Å²) in [5.74, 6) is -0.483. The van der Waals surface area contributed by atoms with Crippen LogP contribution in [0.1, 0.15) is 32.6 Å². The first-order valence-electron chi connectivity index (χ1n) is 4.54. The van der Waals surface area contributed by atoms with Gasteiger partial charge in [-0.1, -0.05) is 19.8 Å². The summed E-state index contributed by atoms with van der Waals surface area (Å²) in [7, 11) is -3.56. The Labute approximate surface area is 84.8 Å². The lowest BCUT2D eigenvalue weighted by Gasteiger charge is -2.04. The number of nitrogens with zero attached hydrogens (tertiary/aromatic N) is 1. The van der Waals surface area contributed by atoms with Crippen molar-refractivity contribution < 1.29 is 13.2 Å². The summed E-state index contributed by atoms with van der Waals surface area (Å²) >= 11 is 0. The van der Waals surface area contributed by atoms with Gasteiger partial charge in [-0.05, 0) is 6.42 Å². The number of sulfone groups is 1. The molecule has 80 valence electrons. The Morgan fingerprint density at radius 1 is 1.43 bits per heavy atom. The summed E-state index contributed by atoms with van der Waals surface area (Å²) in [5, 5.41) is 7.07. The number of nitriles is 1. The van der Waals surface area contributed by atoms with Crippen LogP contribution in [-0.4, -0.2) is 25.7 Å². The van der Waals surface area contributed by atoms with Gasteiger partial charge in [0.1, 0.15) is 0 Å². The van der Waals surface area contributed by atoms with Crippen molar-refractivity contribution in [3.05, 3.63) is 0 Å². The van der Waals surface area contributed by atoms with Gasteiger partial charge in [0.15, 0.2) is 15.6 Å². The van der Waals surface area contributed by atoms with Crippen molar-refractivity contribution >= 4 is 15.6 Å². The molecule has 0 aliphatic rings. The number of hydrogen-bond donors (Lipinski definition) is 0. The zero-order valence-electron chi connectivity index (χ0n) is 8.49. The maximum Gasteiger partial charge on any atom is 0.205 e. The topological polar surface area (TPSA) is 75.0 Å². The van der Waals surface area contributed by atoms with Gasteiger partial charge >= 0.3 is 0 Å². The largest absolute Gasteiger partial charge is 0.297 e. The molecule has 0 heterocycles. The van der Waals surface area contributed by atoms with Crippen LogP contribution in [0.3, 0.4) is 0 Å². The average Bonchev–Trinajstić information content (AvgIpc) is 2.03. The summed E-state index contributed by atoms with van der Waals surface area (Å²) in [6.07, 6.45) is 3.60. The van der Waals surface area contributed by atoms with Crippen LogP contribution < -0.4 is 0 Å². The molecule has 1 unspecified atom stereocenters. The molecule has 14 heavy (non-hydrogen) atoms. The zero-order valence-corrected chi connectivity index (χ0v) is 9.30. The first-order chi connectivity index (χ1) is 6.43. The second-order valence-corrected chi connectivity index (χ2v) is 5.39. The second kappa shape index (κ2) is 5.76. The predicted octanol–water partition coefficient (Wildman–Crippen LogP) is 1.07. The predicted molar refractivity (Wildman–Crippen MR) is 53.4 cm³/mol. The minimum Gasteiger partial charge on any atom is -0.297 e. The molecule has 0 bridgehead atoms. The molecule has 0 rings (SSSR count). The van der Waals surface area contributed by atoms with Crippen molar-refractivity contribution in [2.75, 3.05) is 6.26 Å². The second-order valence-electron chi connectivity index (χ2n) is 3.26. The van der Waals surface area contributed by atoms with Crippen LogP contribution in [0, 0.1) is 11.3 Å². The molecule has 1 atom stereocenters. The van der Waals surface area contributed by atoms with Gasteiger partial charge in [0.25, 0.3) is 0 Å². The quantitative estimate of drug-likeness (QED) is 0.624. The maximum absolute atomic E-state index is 11.3. The van der Waals surface area contributed by atoms with E-state index in [0.29, 0.717) is 6.42 Å². The van der Waals surface area contributed by atoms with Crippen molar-refractivity contribution in [3.8, 4) is 6.07 Å². The van der Waals surface area contributed by atoms with E-state index in [2.05, 4.69) is 0 Å². The van der Waals surface area contributed by atoms with E-state index in [1.165, 1.54) is 6.07 Å². The average molecular weight is 217 g/mol. The fraction of sp³-hybridized carbons (Fsp3) is 0.778. The first-order valence-corrected chi connectivity index (χ1v) is 6.50. The van der Waals surface area contributed by atoms with Crippen LogP contribution in [0.2, 0.25) is 0 Å². The monoisotopic (exact) mass is 217 g/mol. The summed E-state index contributed by atoms with van der Waals surface area (Å²) in [6, 6.07) is 1.53. The number of Topliss-reactive ketones (excluding diaryl/α,β-unsaturated/α-hetero) is 1. The molecular formula is C9H15NO3S. The first kappa shape index (κ1) is 13.1. The SMILES string of the molecule is CCCCCC(=O)C(C#N)S(C)(=O)=O. The summed E-state index contributed by atoms with van der Waals surface area (Å²) in [5.41, 5.74) is 0. The number of rotatable bonds is 6. The normalized spacial score (nSPS) is 13.2. The third-order valence-electron chi connectivity index (χ3n) is 1.86. The molecular weight excluding hydrogens is 202 g/mol. The number of unbranched alkanes of at least 4 members (excludes halogenated alkanes) is 2. The number of hydrogen-bond acceptors (Lipinski definition) is 4. The molecule has 0 aliphatic carbocycles. The molecule has 0 saturated heterocycles. The highest BCUT2D eigenvalue weighted by Crippen LogP contribution is 2.07. The Morgan fingerprint density at radius 3 is 2.36 bits per heavy atom. The van der Waals surface area contributed by atoms with Crippen molar-refractivity contribution in [2.24, 2.45) is 0 Å². The number of carbonyl (C=O) groups excluding carboxylic acids is 1. The van der Waals surface area contributed by atoms with Gasteiger partial charge in [-0.3, -0.25) is 4.79 Å². The Morgan fingerprint density at radius 2 is 2.00 bits per heavy atom. The third-order valence-corrected chi connectivity index (χ3v) is 3.09. The maximum atomic E-state index is 11.3. The van der Waals surface area contributed by atoms with Gasteiger partial charge in [0.05, 0.1) is 6.07 Å². The molecule has 0 amide bonds. The molecule has 0 N–H and O–H groups in total. The Kier molecular flexibility index (Phi) is 5.39. The minimum atomic E-state index is -3.56. The van der Waals surface area contributed by atoms with Crippen LogP contribution >= 0.6 is 0 Å². The third kappa shape index (κ3) is 4.38. The molecule has 0 saturated carbocycles. The van der Waals surface area contributed by atoms with Crippen molar-refractivity contribution in [1.29, 1.82) is 5.26 Å². The Hall–Kier alpha value is -0.890.